The number of hydrogen-bond donors (Lipinski definition) is 4. The Hall–Kier alpha value is -3.88. The lowest BCUT2D eigenvalue weighted by molar-refractivity contribution is -0.112. The monoisotopic (exact) mass is 438 g/mol. The summed E-state index contributed by atoms with van der Waals surface area (Å²) in [6.45, 7) is 2.61. The third-order valence-corrected chi connectivity index (χ3v) is 4.55. The number of ketones is 1. The summed E-state index contributed by atoms with van der Waals surface area (Å²) in [5, 5.41) is 40.5. The molecule has 2 aliphatic carbocycles. The molecular formula is C24H26N2O6. The predicted molar refractivity (Wildman–Crippen MR) is 122 cm³/mol. The molecule has 1 atom stereocenters. The number of hydroxylamine groups is 2. The summed E-state index contributed by atoms with van der Waals surface area (Å²) in [5.41, 5.74) is 0.699. The number of rotatable bonds is 6. The second-order valence-electron chi connectivity index (χ2n) is 7.02. The number of aromatic hydroxyl groups is 1. The summed E-state index contributed by atoms with van der Waals surface area (Å²) in [7, 11) is 1.48. The largest absolute Gasteiger partial charge is 0.504 e. The van der Waals surface area contributed by atoms with Crippen LogP contribution < -0.4 is 4.74 Å². The van der Waals surface area contributed by atoms with Crippen LogP contribution >= 0.6 is 0 Å². The molecule has 8 heteroatoms. The maximum atomic E-state index is 12.1. The molecule has 0 saturated heterocycles. The molecule has 0 heterocycles. The minimum Gasteiger partial charge on any atom is -0.504 e. The molecule has 0 aliphatic heterocycles. The van der Waals surface area contributed by atoms with E-state index in [1.807, 2.05) is 24.3 Å². The van der Waals surface area contributed by atoms with Crippen molar-refractivity contribution in [2.45, 2.75) is 12.0 Å². The lowest BCUT2D eigenvalue weighted by atomic mass is 9.95. The van der Waals surface area contributed by atoms with Crippen LogP contribution in [-0.2, 0) is 4.79 Å². The van der Waals surface area contributed by atoms with Crippen molar-refractivity contribution in [3.05, 3.63) is 89.7 Å². The van der Waals surface area contributed by atoms with E-state index in [-0.39, 0.29) is 18.1 Å². The van der Waals surface area contributed by atoms with E-state index in [0.29, 0.717) is 17.7 Å². The van der Waals surface area contributed by atoms with Crippen molar-refractivity contribution in [2.24, 2.45) is 5.16 Å². The summed E-state index contributed by atoms with van der Waals surface area (Å²) in [6, 6.07) is 4.98. The first-order valence-corrected chi connectivity index (χ1v) is 9.63. The topological polar surface area (TPSA) is 123 Å². The van der Waals surface area contributed by atoms with Crippen molar-refractivity contribution in [3.8, 4) is 11.5 Å². The van der Waals surface area contributed by atoms with Gasteiger partial charge in [0.1, 0.15) is 5.60 Å². The molecule has 3 rings (SSSR count). The van der Waals surface area contributed by atoms with E-state index < -0.39 is 5.60 Å². The molecule has 0 fully saturated rings. The molecule has 0 aromatic heterocycles. The fourth-order valence-corrected chi connectivity index (χ4v) is 3.02. The van der Waals surface area contributed by atoms with Gasteiger partial charge in [-0.1, -0.05) is 48.6 Å². The quantitative estimate of drug-likeness (QED) is 0.232. The number of ether oxygens (including phenoxy) is 1. The van der Waals surface area contributed by atoms with Crippen LogP contribution in [0.3, 0.4) is 0 Å². The number of hydrogen-bond acceptors (Lipinski definition) is 8. The Morgan fingerprint density at radius 2 is 2.03 bits per heavy atom. The molecule has 0 radical (unpaired) electrons. The Bertz CT molecular complexity index is 1020. The summed E-state index contributed by atoms with van der Waals surface area (Å²) < 4.78 is 5.09. The smallest absolute Gasteiger partial charge is 0.187 e. The molecule has 8 nitrogen and oxygen atoms in total. The van der Waals surface area contributed by atoms with Gasteiger partial charge in [-0.25, -0.2) is 0 Å². The van der Waals surface area contributed by atoms with Gasteiger partial charge in [-0.3, -0.25) is 15.1 Å². The number of allylic oxidation sites excluding steroid dienone is 8. The molecule has 168 valence electrons. The van der Waals surface area contributed by atoms with Crippen LogP contribution in [0.4, 0.5) is 0 Å². The average Bonchev–Trinajstić information content (AvgIpc) is 2.76. The van der Waals surface area contributed by atoms with Crippen LogP contribution in [0.15, 0.2) is 89.3 Å². The number of benzene rings is 1. The standard InChI is InChI=1S/C23H23NO5.CH3NO/c1-29-22-14-18(8-10-21(22)26)6-5-17-7-9-20(25)19(13-17)15-24(28)16-23(27)11-3-2-4-12-23;1-2-3/h2-11,13-15,26-28H,12,16H2,1H3;3H,1H2. The van der Waals surface area contributed by atoms with Crippen molar-refractivity contribution in [2.75, 3.05) is 13.7 Å². The Labute approximate surface area is 186 Å². The molecule has 4 N–H and O–H groups in total. The second-order valence-corrected chi connectivity index (χ2v) is 7.02. The molecular weight excluding hydrogens is 412 g/mol. The van der Waals surface area contributed by atoms with Crippen molar-refractivity contribution < 1.29 is 30.2 Å². The Balaban J connectivity index is 0.00000114. The van der Waals surface area contributed by atoms with Gasteiger partial charge in [0.15, 0.2) is 17.3 Å². The zero-order chi connectivity index (χ0) is 23.6. The number of methoxy groups -OCH3 is 1. The fourth-order valence-electron chi connectivity index (χ4n) is 3.02. The van der Waals surface area contributed by atoms with E-state index in [4.69, 9.17) is 9.94 Å². The number of carbonyl (C=O) groups is 1. The van der Waals surface area contributed by atoms with E-state index >= 15 is 0 Å². The molecule has 0 amide bonds. The third kappa shape index (κ3) is 7.12. The van der Waals surface area contributed by atoms with Gasteiger partial charge in [0.25, 0.3) is 0 Å². The molecule has 2 aliphatic rings. The first-order valence-electron chi connectivity index (χ1n) is 9.63. The van der Waals surface area contributed by atoms with Gasteiger partial charge < -0.3 is 20.2 Å². The molecule has 0 saturated carbocycles. The third-order valence-electron chi connectivity index (χ3n) is 4.55. The summed E-state index contributed by atoms with van der Waals surface area (Å²) in [5.74, 6) is 0.195. The highest BCUT2D eigenvalue weighted by molar-refractivity contribution is 6.08. The van der Waals surface area contributed by atoms with Crippen LogP contribution in [0, 0.1) is 0 Å². The van der Waals surface area contributed by atoms with Crippen LogP contribution in [0.5, 0.6) is 11.5 Å². The lowest BCUT2D eigenvalue weighted by Gasteiger charge is -2.28. The number of phenolic OH excluding ortho intramolecular Hbond substituents is 1. The molecule has 1 unspecified atom stereocenters. The molecule has 0 bridgehead atoms. The average molecular weight is 438 g/mol. The van der Waals surface area contributed by atoms with Crippen molar-refractivity contribution >= 4 is 18.6 Å². The van der Waals surface area contributed by atoms with Crippen LogP contribution in [0.2, 0.25) is 0 Å². The van der Waals surface area contributed by atoms with E-state index in [0.717, 1.165) is 16.2 Å². The lowest BCUT2D eigenvalue weighted by Crippen LogP contribution is -2.38. The SMILES string of the molecule is C=NO.COc1cc(C=CC2=CC(=CN(O)CC3(O)C=CC=CC3)C(=O)C=C2)ccc1O. The van der Waals surface area contributed by atoms with Gasteiger partial charge in [0, 0.05) is 18.5 Å². The highest BCUT2D eigenvalue weighted by Gasteiger charge is 2.26. The van der Waals surface area contributed by atoms with E-state index in [1.54, 1.807) is 42.5 Å². The minimum atomic E-state index is -1.18. The first-order chi connectivity index (χ1) is 15.3. The maximum Gasteiger partial charge on any atom is 0.187 e. The Kier molecular flexibility index (Phi) is 8.76. The van der Waals surface area contributed by atoms with E-state index in [1.165, 1.54) is 19.4 Å². The number of aliphatic hydroxyl groups is 1. The minimum absolute atomic E-state index is 0.0549. The molecule has 1 aromatic carbocycles. The highest BCUT2D eigenvalue weighted by atomic mass is 16.5. The zero-order valence-corrected chi connectivity index (χ0v) is 17.6. The van der Waals surface area contributed by atoms with Crippen molar-refractivity contribution in [1.82, 2.24) is 5.06 Å². The maximum absolute atomic E-state index is 12.1. The summed E-state index contributed by atoms with van der Waals surface area (Å²) in [4.78, 5) is 12.1. The van der Waals surface area contributed by atoms with Crippen molar-refractivity contribution in [1.29, 1.82) is 0 Å². The number of oxime groups is 1. The van der Waals surface area contributed by atoms with Gasteiger partial charge in [-0.15, -0.1) is 5.16 Å². The van der Waals surface area contributed by atoms with E-state index in [2.05, 4.69) is 11.9 Å². The zero-order valence-electron chi connectivity index (χ0n) is 17.6. The molecule has 0 spiro atoms. The molecule has 32 heavy (non-hydrogen) atoms. The van der Waals surface area contributed by atoms with Gasteiger partial charge >= 0.3 is 0 Å². The van der Waals surface area contributed by atoms with Gasteiger partial charge in [-0.2, -0.15) is 0 Å². The number of carbonyl (C=O) groups excluding carboxylic acids is 1. The van der Waals surface area contributed by atoms with Crippen LogP contribution in [0.1, 0.15) is 12.0 Å². The van der Waals surface area contributed by atoms with E-state index in [9.17, 15) is 20.2 Å². The summed E-state index contributed by atoms with van der Waals surface area (Å²) in [6.07, 6.45) is 17.1. The Morgan fingerprint density at radius 1 is 1.28 bits per heavy atom. The highest BCUT2D eigenvalue weighted by Crippen LogP contribution is 2.27. The summed E-state index contributed by atoms with van der Waals surface area (Å²) >= 11 is 0. The van der Waals surface area contributed by atoms with Crippen LogP contribution in [-0.4, -0.2) is 57.4 Å². The normalized spacial score (nSPS) is 20.7. The van der Waals surface area contributed by atoms with Crippen molar-refractivity contribution in [3.63, 3.8) is 0 Å². The predicted octanol–water partition coefficient (Wildman–Crippen LogP) is 3.38. The second kappa shape index (κ2) is 11.5. The van der Waals surface area contributed by atoms with Gasteiger partial charge in [0.2, 0.25) is 0 Å². The number of nitrogens with zero attached hydrogens (tertiary/aromatic N) is 2. The van der Waals surface area contributed by atoms with Gasteiger partial charge in [-0.05, 0) is 41.8 Å². The first kappa shape index (κ1) is 24.4. The fraction of sp³-hybridized carbons (Fsp3) is 0.167. The Morgan fingerprint density at radius 3 is 2.69 bits per heavy atom. The number of phenols is 1. The molecule has 1 aromatic rings. The van der Waals surface area contributed by atoms with Crippen LogP contribution in [0.25, 0.3) is 6.08 Å². The van der Waals surface area contributed by atoms with Gasteiger partial charge in [0.05, 0.1) is 13.7 Å².